The molecule has 1 aliphatic rings. The third kappa shape index (κ3) is 2.53. The Kier molecular flexibility index (Phi) is 3.08. The number of nitrogens with one attached hydrogen (secondary N) is 1. The Hall–Kier alpha value is -1.06. The van der Waals surface area contributed by atoms with E-state index in [-0.39, 0.29) is 5.97 Å². The number of hydrazone groups is 1. The molecular weight excluding hydrogens is 156 g/mol. The van der Waals surface area contributed by atoms with Crippen LogP contribution in [0.15, 0.2) is 5.10 Å². The van der Waals surface area contributed by atoms with E-state index in [1.165, 1.54) is 0 Å². The van der Waals surface area contributed by atoms with Gasteiger partial charge in [0, 0.05) is 13.0 Å². The Balaban J connectivity index is 2.28. The average molecular weight is 170 g/mol. The Bertz CT molecular complexity index is 199. The van der Waals surface area contributed by atoms with Crippen LogP contribution in [0.3, 0.4) is 0 Å². The highest BCUT2D eigenvalue weighted by molar-refractivity contribution is 6.36. The van der Waals surface area contributed by atoms with Crippen molar-refractivity contribution in [3.05, 3.63) is 0 Å². The molecule has 0 aromatic carbocycles. The lowest BCUT2D eigenvalue weighted by molar-refractivity contribution is -0.136. The first kappa shape index (κ1) is 9.03. The lowest BCUT2D eigenvalue weighted by Gasteiger charge is -2.05. The standard InChI is InChI=1S/C8H14N2O2/c1-6(2)5-12-8(11)7-3-4-9-10-7/h6,9H,3-5H2,1-2H3. The second-order valence-corrected chi connectivity index (χ2v) is 3.21. The molecule has 1 heterocycles. The molecule has 0 atom stereocenters. The Morgan fingerprint density at radius 1 is 1.75 bits per heavy atom. The quantitative estimate of drug-likeness (QED) is 0.629. The fourth-order valence-electron chi connectivity index (χ4n) is 0.855. The summed E-state index contributed by atoms with van der Waals surface area (Å²) in [5.41, 5.74) is 3.24. The highest BCUT2D eigenvalue weighted by Crippen LogP contribution is 1.99. The summed E-state index contributed by atoms with van der Waals surface area (Å²) in [6.45, 7) is 5.22. The summed E-state index contributed by atoms with van der Waals surface area (Å²) in [6, 6.07) is 0. The van der Waals surface area contributed by atoms with Gasteiger partial charge in [0.05, 0.1) is 6.61 Å². The summed E-state index contributed by atoms with van der Waals surface area (Å²) in [7, 11) is 0. The average Bonchev–Trinajstić information content (AvgIpc) is 2.51. The number of ether oxygens (including phenoxy) is 1. The van der Waals surface area contributed by atoms with E-state index in [9.17, 15) is 4.79 Å². The first-order valence-corrected chi connectivity index (χ1v) is 4.16. The molecule has 1 aliphatic heterocycles. The van der Waals surface area contributed by atoms with Gasteiger partial charge in [0.15, 0.2) is 0 Å². The normalized spacial score (nSPS) is 15.8. The Labute approximate surface area is 72.0 Å². The summed E-state index contributed by atoms with van der Waals surface area (Å²) in [4.78, 5) is 11.2. The molecule has 0 aromatic rings. The van der Waals surface area contributed by atoms with Crippen LogP contribution in [-0.2, 0) is 9.53 Å². The summed E-state index contributed by atoms with van der Waals surface area (Å²) < 4.78 is 4.98. The number of esters is 1. The van der Waals surface area contributed by atoms with Crippen LogP contribution in [0.2, 0.25) is 0 Å². The summed E-state index contributed by atoms with van der Waals surface area (Å²) in [5.74, 6) is 0.0950. The Morgan fingerprint density at radius 3 is 3.00 bits per heavy atom. The first-order valence-electron chi connectivity index (χ1n) is 4.16. The maximum Gasteiger partial charge on any atom is 0.354 e. The van der Waals surface area contributed by atoms with Crippen molar-refractivity contribution in [3.8, 4) is 0 Å². The SMILES string of the molecule is CC(C)COC(=O)C1=NNCC1. The van der Waals surface area contributed by atoms with Crippen LogP contribution < -0.4 is 5.43 Å². The second kappa shape index (κ2) is 4.09. The maximum atomic E-state index is 11.2. The van der Waals surface area contributed by atoms with Gasteiger partial charge in [-0.2, -0.15) is 5.10 Å². The molecule has 0 spiro atoms. The molecule has 0 unspecified atom stereocenters. The van der Waals surface area contributed by atoms with Crippen molar-refractivity contribution in [1.29, 1.82) is 0 Å². The van der Waals surface area contributed by atoms with E-state index >= 15 is 0 Å². The fourth-order valence-corrected chi connectivity index (χ4v) is 0.855. The van der Waals surface area contributed by atoms with Crippen LogP contribution >= 0.6 is 0 Å². The van der Waals surface area contributed by atoms with Gasteiger partial charge < -0.3 is 10.2 Å². The zero-order valence-electron chi connectivity index (χ0n) is 7.46. The van der Waals surface area contributed by atoms with Gasteiger partial charge in [-0.25, -0.2) is 4.79 Å². The summed E-state index contributed by atoms with van der Waals surface area (Å²) in [6.07, 6.45) is 0.678. The number of carbonyl (C=O) groups excluding carboxylic acids is 1. The van der Waals surface area contributed by atoms with E-state index in [1.54, 1.807) is 0 Å². The minimum atomic E-state index is -0.284. The van der Waals surface area contributed by atoms with Crippen molar-refractivity contribution < 1.29 is 9.53 Å². The number of hydrogen-bond donors (Lipinski definition) is 1. The van der Waals surface area contributed by atoms with E-state index in [4.69, 9.17) is 4.74 Å². The van der Waals surface area contributed by atoms with E-state index in [2.05, 4.69) is 10.5 Å². The third-order valence-corrected chi connectivity index (χ3v) is 1.47. The number of nitrogens with zero attached hydrogens (tertiary/aromatic N) is 1. The minimum Gasteiger partial charge on any atom is -0.461 e. The van der Waals surface area contributed by atoms with Gasteiger partial charge in [0.2, 0.25) is 0 Å². The molecular formula is C8H14N2O2. The zero-order chi connectivity index (χ0) is 8.97. The van der Waals surface area contributed by atoms with E-state index in [1.807, 2.05) is 13.8 Å². The molecule has 0 saturated carbocycles. The molecule has 0 radical (unpaired) electrons. The van der Waals surface area contributed by atoms with E-state index in [0.29, 0.717) is 24.7 Å². The van der Waals surface area contributed by atoms with Crippen molar-refractivity contribution in [1.82, 2.24) is 5.43 Å². The smallest absolute Gasteiger partial charge is 0.354 e. The van der Waals surface area contributed by atoms with Crippen molar-refractivity contribution in [2.24, 2.45) is 11.0 Å². The van der Waals surface area contributed by atoms with Crippen LogP contribution in [0.1, 0.15) is 20.3 Å². The molecule has 12 heavy (non-hydrogen) atoms. The van der Waals surface area contributed by atoms with Crippen LogP contribution in [0.25, 0.3) is 0 Å². The van der Waals surface area contributed by atoms with Gasteiger partial charge in [-0.3, -0.25) is 0 Å². The molecule has 4 nitrogen and oxygen atoms in total. The lowest BCUT2D eigenvalue weighted by Crippen LogP contribution is -2.18. The fraction of sp³-hybridized carbons (Fsp3) is 0.750. The highest BCUT2D eigenvalue weighted by atomic mass is 16.5. The minimum absolute atomic E-state index is 0.284. The van der Waals surface area contributed by atoms with Crippen LogP contribution in [0, 0.1) is 5.92 Å². The van der Waals surface area contributed by atoms with Gasteiger partial charge in [-0.05, 0) is 5.92 Å². The maximum absolute atomic E-state index is 11.2. The molecule has 0 aromatic heterocycles. The number of hydrogen-bond acceptors (Lipinski definition) is 4. The van der Waals surface area contributed by atoms with Gasteiger partial charge in [0.25, 0.3) is 0 Å². The number of rotatable bonds is 3. The van der Waals surface area contributed by atoms with E-state index in [0.717, 1.165) is 6.54 Å². The van der Waals surface area contributed by atoms with Crippen molar-refractivity contribution in [2.75, 3.05) is 13.2 Å². The zero-order valence-corrected chi connectivity index (χ0v) is 7.46. The molecule has 1 rings (SSSR count). The predicted octanol–water partition coefficient (Wildman–Crippen LogP) is 0.535. The monoisotopic (exact) mass is 170 g/mol. The molecule has 0 amide bonds. The molecule has 0 saturated heterocycles. The molecule has 0 fully saturated rings. The summed E-state index contributed by atoms with van der Waals surface area (Å²) >= 11 is 0. The largest absolute Gasteiger partial charge is 0.461 e. The molecule has 4 heteroatoms. The van der Waals surface area contributed by atoms with Crippen LogP contribution in [0.5, 0.6) is 0 Å². The topological polar surface area (TPSA) is 50.7 Å². The first-order chi connectivity index (χ1) is 5.70. The predicted molar refractivity (Wildman–Crippen MR) is 45.9 cm³/mol. The number of carbonyl (C=O) groups is 1. The molecule has 1 N–H and O–H groups in total. The molecule has 0 bridgehead atoms. The van der Waals surface area contributed by atoms with E-state index < -0.39 is 0 Å². The van der Waals surface area contributed by atoms with Crippen LogP contribution in [0.4, 0.5) is 0 Å². The van der Waals surface area contributed by atoms with Gasteiger partial charge >= 0.3 is 5.97 Å². The van der Waals surface area contributed by atoms with Crippen molar-refractivity contribution in [3.63, 3.8) is 0 Å². The third-order valence-electron chi connectivity index (χ3n) is 1.47. The molecule has 68 valence electrons. The second-order valence-electron chi connectivity index (χ2n) is 3.21. The molecule has 0 aliphatic carbocycles. The van der Waals surface area contributed by atoms with Gasteiger partial charge in [0.1, 0.15) is 5.71 Å². The highest BCUT2D eigenvalue weighted by Gasteiger charge is 2.16. The summed E-state index contributed by atoms with van der Waals surface area (Å²) in [5, 5.41) is 3.81. The Morgan fingerprint density at radius 2 is 2.50 bits per heavy atom. The lowest BCUT2D eigenvalue weighted by atomic mass is 10.2. The van der Waals surface area contributed by atoms with Crippen molar-refractivity contribution in [2.45, 2.75) is 20.3 Å². The van der Waals surface area contributed by atoms with Crippen LogP contribution in [-0.4, -0.2) is 24.8 Å². The van der Waals surface area contributed by atoms with Crippen molar-refractivity contribution >= 4 is 11.7 Å². The van der Waals surface area contributed by atoms with Gasteiger partial charge in [-0.1, -0.05) is 13.8 Å². The van der Waals surface area contributed by atoms with Gasteiger partial charge in [-0.15, -0.1) is 0 Å².